The van der Waals surface area contributed by atoms with Crippen LogP contribution in [0.15, 0.2) is 22.6 Å². The normalized spacial score (nSPS) is 23.1. The van der Waals surface area contributed by atoms with Gasteiger partial charge in [0, 0.05) is 31.3 Å². The molecule has 6 heteroatoms. The van der Waals surface area contributed by atoms with E-state index in [1.54, 1.807) is 18.4 Å². The van der Waals surface area contributed by atoms with Crippen LogP contribution in [0.1, 0.15) is 36.6 Å². The molecule has 1 fully saturated rings. The predicted molar refractivity (Wildman–Crippen MR) is 77.4 cm³/mol. The van der Waals surface area contributed by atoms with E-state index in [-0.39, 0.29) is 17.9 Å². The van der Waals surface area contributed by atoms with E-state index in [1.807, 2.05) is 16.3 Å². The average Bonchev–Trinajstić information content (AvgIpc) is 3.10. The molecule has 0 spiro atoms. The lowest BCUT2D eigenvalue weighted by molar-refractivity contribution is -0.130. The van der Waals surface area contributed by atoms with E-state index in [2.05, 4.69) is 11.2 Å². The molecular formula is C14H17N3O2S. The summed E-state index contributed by atoms with van der Waals surface area (Å²) in [5, 5.41) is 7.46. The van der Waals surface area contributed by atoms with Crippen molar-refractivity contribution in [3.63, 3.8) is 0 Å². The summed E-state index contributed by atoms with van der Waals surface area (Å²) < 4.78 is 0. The SMILES string of the molecule is CN1N=C(C(=O)N2CCC[C@H]2c2cccs2)CCC1=O. The zero-order chi connectivity index (χ0) is 14.1. The summed E-state index contributed by atoms with van der Waals surface area (Å²) in [6, 6.07) is 4.28. The minimum Gasteiger partial charge on any atom is -0.330 e. The van der Waals surface area contributed by atoms with E-state index in [4.69, 9.17) is 0 Å². The van der Waals surface area contributed by atoms with Crippen LogP contribution in [0.4, 0.5) is 0 Å². The molecule has 0 aliphatic carbocycles. The molecule has 0 radical (unpaired) electrons. The summed E-state index contributed by atoms with van der Waals surface area (Å²) in [6.45, 7) is 0.776. The first-order valence-corrected chi connectivity index (χ1v) is 7.73. The third-order valence-corrected chi connectivity index (χ3v) is 4.81. The number of hydrazone groups is 1. The number of amides is 2. The minimum atomic E-state index is -0.0298. The Morgan fingerprint density at radius 2 is 2.30 bits per heavy atom. The van der Waals surface area contributed by atoms with E-state index < -0.39 is 0 Å². The number of likely N-dealkylation sites (tertiary alicyclic amines) is 1. The number of carbonyl (C=O) groups excluding carboxylic acids is 2. The molecule has 1 saturated heterocycles. The van der Waals surface area contributed by atoms with Crippen LogP contribution >= 0.6 is 11.3 Å². The van der Waals surface area contributed by atoms with Crippen LogP contribution in [0, 0.1) is 0 Å². The molecule has 2 aliphatic heterocycles. The maximum Gasteiger partial charge on any atom is 0.270 e. The van der Waals surface area contributed by atoms with Crippen LogP contribution < -0.4 is 0 Å². The highest BCUT2D eigenvalue weighted by molar-refractivity contribution is 7.10. The zero-order valence-corrected chi connectivity index (χ0v) is 12.2. The lowest BCUT2D eigenvalue weighted by atomic mass is 10.1. The summed E-state index contributed by atoms with van der Waals surface area (Å²) in [4.78, 5) is 27.2. The lowest BCUT2D eigenvalue weighted by Crippen LogP contribution is -2.40. The maximum absolute atomic E-state index is 12.6. The zero-order valence-electron chi connectivity index (χ0n) is 11.4. The Kier molecular flexibility index (Phi) is 3.56. The van der Waals surface area contributed by atoms with Gasteiger partial charge in [-0.15, -0.1) is 11.3 Å². The van der Waals surface area contributed by atoms with Crippen LogP contribution in [0.5, 0.6) is 0 Å². The van der Waals surface area contributed by atoms with Gasteiger partial charge in [0.25, 0.3) is 5.91 Å². The summed E-state index contributed by atoms with van der Waals surface area (Å²) in [7, 11) is 1.61. The van der Waals surface area contributed by atoms with Crippen molar-refractivity contribution in [3.05, 3.63) is 22.4 Å². The first kappa shape index (κ1) is 13.3. The second-order valence-corrected chi connectivity index (χ2v) is 6.12. The van der Waals surface area contributed by atoms with Crippen molar-refractivity contribution in [2.45, 2.75) is 31.7 Å². The monoisotopic (exact) mass is 291 g/mol. The van der Waals surface area contributed by atoms with Gasteiger partial charge in [0.05, 0.1) is 6.04 Å². The Bertz CT molecular complexity index is 553. The van der Waals surface area contributed by atoms with Gasteiger partial charge in [-0.2, -0.15) is 5.10 Å². The van der Waals surface area contributed by atoms with E-state index in [0.717, 1.165) is 19.4 Å². The highest BCUT2D eigenvalue weighted by Crippen LogP contribution is 2.34. The van der Waals surface area contributed by atoms with Crippen LogP contribution in [0.3, 0.4) is 0 Å². The second-order valence-electron chi connectivity index (χ2n) is 5.14. The second kappa shape index (κ2) is 5.36. The molecule has 0 N–H and O–H groups in total. The Morgan fingerprint density at radius 1 is 1.45 bits per heavy atom. The topological polar surface area (TPSA) is 53.0 Å². The van der Waals surface area contributed by atoms with Crippen molar-refractivity contribution >= 4 is 28.9 Å². The smallest absolute Gasteiger partial charge is 0.270 e. The maximum atomic E-state index is 12.6. The first-order valence-electron chi connectivity index (χ1n) is 6.85. The van der Waals surface area contributed by atoms with Crippen molar-refractivity contribution < 1.29 is 9.59 Å². The highest BCUT2D eigenvalue weighted by atomic mass is 32.1. The van der Waals surface area contributed by atoms with Gasteiger partial charge in [-0.25, -0.2) is 5.01 Å². The number of thiophene rings is 1. The molecule has 2 aliphatic rings. The fourth-order valence-corrected chi connectivity index (χ4v) is 3.65. The summed E-state index contributed by atoms with van der Waals surface area (Å²) >= 11 is 1.69. The number of rotatable bonds is 2. The van der Waals surface area contributed by atoms with Crippen LogP contribution in [-0.2, 0) is 9.59 Å². The molecule has 0 unspecified atom stereocenters. The molecule has 0 bridgehead atoms. The van der Waals surface area contributed by atoms with Crippen LogP contribution in [0.2, 0.25) is 0 Å². The van der Waals surface area contributed by atoms with Gasteiger partial charge in [-0.3, -0.25) is 9.59 Å². The van der Waals surface area contributed by atoms with Crippen LogP contribution in [-0.4, -0.2) is 41.0 Å². The van der Waals surface area contributed by atoms with Crippen molar-refractivity contribution in [2.75, 3.05) is 13.6 Å². The molecule has 20 heavy (non-hydrogen) atoms. The molecule has 0 saturated carbocycles. The number of carbonyl (C=O) groups is 2. The number of nitrogens with zero attached hydrogens (tertiary/aromatic N) is 3. The highest BCUT2D eigenvalue weighted by Gasteiger charge is 2.34. The molecule has 1 atom stereocenters. The Balaban J connectivity index is 1.80. The summed E-state index contributed by atoms with van der Waals surface area (Å²) in [5.74, 6) is -0.0435. The fourth-order valence-electron chi connectivity index (χ4n) is 2.78. The van der Waals surface area contributed by atoms with E-state index in [1.165, 1.54) is 9.89 Å². The standard InChI is InChI=1S/C14H17N3O2S/c1-16-13(18)7-6-10(15-16)14(19)17-8-2-4-11(17)12-5-3-9-20-12/h3,5,9,11H,2,4,6-8H2,1H3/t11-/m0/s1. The molecule has 106 valence electrons. The molecule has 1 aromatic rings. The van der Waals surface area contributed by atoms with Gasteiger partial charge >= 0.3 is 0 Å². The molecule has 3 heterocycles. The van der Waals surface area contributed by atoms with E-state index in [9.17, 15) is 9.59 Å². The molecule has 0 aromatic carbocycles. The van der Waals surface area contributed by atoms with Gasteiger partial charge in [0.1, 0.15) is 5.71 Å². The largest absolute Gasteiger partial charge is 0.330 e. The fraction of sp³-hybridized carbons (Fsp3) is 0.500. The Hall–Kier alpha value is -1.69. The average molecular weight is 291 g/mol. The summed E-state index contributed by atoms with van der Waals surface area (Å²) in [6.07, 6.45) is 2.86. The molecule has 3 rings (SSSR count). The number of hydrogen-bond donors (Lipinski definition) is 0. The van der Waals surface area contributed by atoms with E-state index >= 15 is 0 Å². The Morgan fingerprint density at radius 3 is 3.00 bits per heavy atom. The summed E-state index contributed by atoms with van der Waals surface area (Å²) in [5.41, 5.74) is 0.510. The quantitative estimate of drug-likeness (QED) is 0.837. The minimum absolute atomic E-state index is 0.0137. The van der Waals surface area contributed by atoms with Gasteiger partial charge in [-0.1, -0.05) is 6.07 Å². The molecular weight excluding hydrogens is 274 g/mol. The lowest BCUT2D eigenvalue weighted by Gasteiger charge is -2.26. The van der Waals surface area contributed by atoms with Crippen molar-refractivity contribution in [1.29, 1.82) is 0 Å². The third-order valence-electron chi connectivity index (χ3n) is 3.84. The number of hydrogen-bond acceptors (Lipinski definition) is 4. The van der Waals surface area contributed by atoms with Gasteiger partial charge in [-0.05, 0) is 24.3 Å². The van der Waals surface area contributed by atoms with Crippen molar-refractivity contribution in [2.24, 2.45) is 5.10 Å². The third kappa shape index (κ3) is 2.35. The van der Waals surface area contributed by atoms with Crippen LogP contribution in [0.25, 0.3) is 0 Å². The van der Waals surface area contributed by atoms with Crippen molar-refractivity contribution in [1.82, 2.24) is 9.91 Å². The van der Waals surface area contributed by atoms with Gasteiger partial charge in [0.2, 0.25) is 5.91 Å². The molecule has 1 aromatic heterocycles. The Labute approximate surface area is 121 Å². The van der Waals surface area contributed by atoms with E-state index in [0.29, 0.717) is 18.6 Å². The van der Waals surface area contributed by atoms with Crippen molar-refractivity contribution in [3.8, 4) is 0 Å². The van der Waals surface area contributed by atoms with Gasteiger partial charge < -0.3 is 4.90 Å². The molecule has 5 nitrogen and oxygen atoms in total. The van der Waals surface area contributed by atoms with Gasteiger partial charge in [0.15, 0.2) is 0 Å². The molecule has 2 amide bonds. The predicted octanol–water partition coefficient (Wildman–Crippen LogP) is 2.02. The first-order chi connectivity index (χ1) is 9.66.